The van der Waals surface area contributed by atoms with Gasteiger partial charge in [0.1, 0.15) is 5.58 Å². The molecule has 0 N–H and O–H groups in total. The summed E-state index contributed by atoms with van der Waals surface area (Å²) in [6, 6.07) is 11.6. The molecule has 0 saturated carbocycles. The molecule has 0 bridgehead atoms. The number of hydrogen-bond donors (Lipinski definition) is 0. The topological polar surface area (TPSA) is 30.2 Å². The van der Waals surface area contributed by atoms with E-state index in [0.717, 1.165) is 28.0 Å². The van der Waals surface area contributed by atoms with Gasteiger partial charge < -0.3 is 4.42 Å². The van der Waals surface area contributed by atoms with Gasteiger partial charge in [0.25, 0.3) is 0 Å². The molecule has 0 radical (unpaired) electrons. The Morgan fingerprint density at radius 2 is 1.93 bits per heavy atom. The number of rotatable bonds is 1. The van der Waals surface area contributed by atoms with E-state index in [-0.39, 0.29) is 0 Å². The van der Waals surface area contributed by atoms with E-state index >= 15 is 0 Å². The van der Waals surface area contributed by atoms with Crippen LogP contribution < -0.4 is 0 Å². The summed E-state index contributed by atoms with van der Waals surface area (Å²) in [4.78, 5) is 11.1. The minimum Gasteiger partial charge on any atom is -0.464 e. The van der Waals surface area contributed by atoms with Crippen LogP contribution in [0.4, 0.5) is 0 Å². The first kappa shape index (κ1) is 8.24. The van der Waals surface area contributed by atoms with Crippen molar-refractivity contribution in [3.05, 3.63) is 48.2 Å². The number of hydrogen-bond acceptors (Lipinski definition) is 2. The molecule has 72 valence electrons. The van der Waals surface area contributed by atoms with E-state index in [1.807, 2.05) is 36.4 Å². The highest BCUT2D eigenvalue weighted by Gasteiger charge is 2.07. The first-order valence-corrected chi connectivity index (χ1v) is 4.74. The molecular formula is C13H8O2. The van der Waals surface area contributed by atoms with Gasteiger partial charge in [-0.15, -0.1) is 0 Å². The average molecular weight is 196 g/mol. The van der Waals surface area contributed by atoms with Crippen molar-refractivity contribution in [2.45, 2.75) is 0 Å². The van der Waals surface area contributed by atoms with Gasteiger partial charge in [-0.2, -0.15) is 0 Å². The summed E-state index contributed by atoms with van der Waals surface area (Å²) in [5.74, 6) is 0. The third kappa shape index (κ3) is 1.08. The molecule has 3 rings (SSSR count). The lowest BCUT2D eigenvalue weighted by atomic mass is 10.0. The standard InChI is InChI=1S/C13H8O2/c14-8-12-10-4-2-1-3-9(10)7-13-11(12)5-6-15-13/h1-8H. The Hall–Kier alpha value is -2.09. The molecule has 2 heteroatoms. The number of carbonyl (C=O) groups excluding carboxylic acids is 1. The number of aldehydes is 1. The lowest BCUT2D eigenvalue weighted by Gasteiger charge is -2.01. The fraction of sp³-hybridized carbons (Fsp3) is 0. The molecule has 0 unspecified atom stereocenters. The smallest absolute Gasteiger partial charge is 0.151 e. The quantitative estimate of drug-likeness (QED) is 0.558. The maximum absolute atomic E-state index is 11.1. The second-order valence-electron chi connectivity index (χ2n) is 3.46. The van der Waals surface area contributed by atoms with E-state index in [2.05, 4.69) is 0 Å². The van der Waals surface area contributed by atoms with Crippen molar-refractivity contribution >= 4 is 28.0 Å². The first-order chi connectivity index (χ1) is 7.40. The average Bonchev–Trinajstić information content (AvgIpc) is 2.73. The summed E-state index contributed by atoms with van der Waals surface area (Å²) in [5, 5.41) is 2.88. The molecule has 1 heterocycles. The molecule has 0 aliphatic carbocycles. The van der Waals surface area contributed by atoms with Gasteiger partial charge in [-0.25, -0.2) is 0 Å². The van der Waals surface area contributed by atoms with Crippen LogP contribution >= 0.6 is 0 Å². The van der Waals surface area contributed by atoms with Gasteiger partial charge in [-0.05, 0) is 22.9 Å². The van der Waals surface area contributed by atoms with Crippen LogP contribution in [0.1, 0.15) is 10.4 Å². The molecule has 0 spiro atoms. The maximum Gasteiger partial charge on any atom is 0.151 e. The Bertz CT molecular complexity index is 650. The van der Waals surface area contributed by atoms with E-state index in [0.29, 0.717) is 5.56 Å². The van der Waals surface area contributed by atoms with Gasteiger partial charge in [0, 0.05) is 10.9 Å². The molecule has 1 aromatic heterocycles. The normalized spacial score (nSPS) is 10.9. The minimum atomic E-state index is 0.705. The molecule has 15 heavy (non-hydrogen) atoms. The summed E-state index contributed by atoms with van der Waals surface area (Å²) in [6.45, 7) is 0. The van der Waals surface area contributed by atoms with Crippen LogP contribution in [0.15, 0.2) is 47.1 Å². The van der Waals surface area contributed by atoms with Crippen LogP contribution in [0.25, 0.3) is 21.7 Å². The van der Waals surface area contributed by atoms with E-state index in [1.165, 1.54) is 0 Å². The van der Waals surface area contributed by atoms with Gasteiger partial charge in [0.15, 0.2) is 6.29 Å². The highest BCUT2D eigenvalue weighted by Crippen LogP contribution is 2.27. The van der Waals surface area contributed by atoms with Crippen LogP contribution in [0.5, 0.6) is 0 Å². The third-order valence-electron chi connectivity index (χ3n) is 2.64. The minimum absolute atomic E-state index is 0.705. The zero-order chi connectivity index (χ0) is 10.3. The molecule has 0 aliphatic rings. The van der Waals surface area contributed by atoms with Crippen molar-refractivity contribution in [2.75, 3.05) is 0 Å². The van der Waals surface area contributed by atoms with Gasteiger partial charge in [0.2, 0.25) is 0 Å². The molecule has 0 amide bonds. The highest BCUT2D eigenvalue weighted by atomic mass is 16.3. The molecule has 0 saturated heterocycles. The molecular weight excluding hydrogens is 188 g/mol. The molecule has 2 nitrogen and oxygen atoms in total. The largest absolute Gasteiger partial charge is 0.464 e. The summed E-state index contributed by atoms with van der Waals surface area (Å²) >= 11 is 0. The molecule has 0 atom stereocenters. The summed E-state index contributed by atoms with van der Waals surface area (Å²) < 4.78 is 5.31. The van der Waals surface area contributed by atoms with Gasteiger partial charge >= 0.3 is 0 Å². The van der Waals surface area contributed by atoms with E-state index < -0.39 is 0 Å². The van der Waals surface area contributed by atoms with Crippen LogP contribution in [0.3, 0.4) is 0 Å². The van der Waals surface area contributed by atoms with E-state index in [9.17, 15) is 4.79 Å². The summed E-state index contributed by atoms with van der Waals surface area (Å²) in [7, 11) is 0. The Morgan fingerprint density at radius 3 is 2.80 bits per heavy atom. The number of furan rings is 1. The first-order valence-electron chi connectivity index (χ1n) is 4.74. The summed E-state index contributed by atoms with van der Waals surface area (Å²) in [5.41, 5.74) is 1.47. The van der Waals surface area contributed by atoms with Gasteiger partial charge in [-0.3, -0.25) is 4.79 Å². The fourth-order valence-electron chi connectivity index (χ4n) is 1.94. The zero-order valence-corrected chi connectivity index (χ0v) is 7.94. The number of fused-ring (bicyclic) bond motifs is 2. The maximum atomic E-state index is 11.1. The van der Waals surface area contributed by atoms with Crippen LogP contribution in [0, 0.1) is 0 Å². The van der Waals surface area contributed by atoms with Crippen molar-refractivity contribution in [3.63, 3.8) is 0 Å². The second-order valence-corrected chi connectivity index (χ2v) is 3.46. The number of carbonyl (C=O) groups is 1. The molecule has 2 aromatic carbocycles. The fourth-order valence-corrected chi connectivity index (χ4v) is 1.94. The predicted molar refractivity (Wildman–Crippen MR) is 59.1 cm³/mol. The SMILES string of the molecule is O=Cc1c2ccccc2cc2occc12. The van der Waals surface area contributed by atoms with E-state index in [1.54, 1.807) is 6.26 Å². The Balaban J connectivity index is 2.63. The predicted octanol–water partition coefficient (Wildman–Crippen LogP) is 3.40. The lowest BCUT2D eigenvalue weighted by molar-refractivity contribution is 0.112. The second kappa shape index (κ2) is 2.95. The van der Waals surface area contributed by atoms with Crippen molar-refractivity contribution in [1.29, 1.82) is 0 Å². The van der Waals surface area contributed by atoms with E-state index in [4.69, 9.17) is 4.42 Å². The van der Waals surface area contributed by atoms with Crippen molar-refractivity contribution in [2.24, 2.45) is 0 Å². The third-order valence-corrected chi connectivity index (χ3v) is 2.64. The Kier molecular flexibility index (Phi) is 1.62. The summed E-state index contributed by atoms with van der Waals surface area (Å²) in [6.07, 6.45) is 2.50. The highest BCUT2D eigenvalue weighted by molar-refractivity contribution is 6.10. The molecule has 0 fully saturated rings. The van der Waals surface area contributed by atoms with Crippen molar-refractivity contribution < 1.29 is 9.21 Å². The number of benzene rings is 2. The molecule has 0 aliphatic heterocycles. The zero-order valence-electron chi connectivity index (χ0n) is 7.94. The van der Waals surface area contributed by atoms with Crippen molar-refractivity contribution in [1.82, 2.24) is 0 Å². The van der Waals surface area contributed by atoms with Crippen LogP contribution in [-0.4, -0.2) is 6.29 Å². The Labute approximate surface area is 86.1 Å². The van der Waals surface area contributed by atoms with Gasteiger partial charge in [0.05, 0.1) is 6.26 Å². The van der Waals surface area contributed by atoms with Gasteiger partial charge in [-0.1, -0.05) is 24.3 Å². The molecule has 3 aromatic rings. The lowest BCUT2D eigenvalue weighted by Crippen LogP contribution is -1.84. The van der Waals surface area contributed by atoms with Crippen molar-refractivity contribution in [3.8, 4) is 0 Å². The monoisotopic (exact) mass is 196 g/mol. The van der Waals surface area contributed by atoms with Crippen LogP contribution in [-0.2, 0) is 0 Å². The van der Waals surface area contributed by atoms with Crippen LogP contribution in [0.2, 0.25) is 0 Å². The Morgan fingerprint density at radius 1 is 1.07 bits per heavy atom.